The number of nitrogens with zero attached hydrogens (tertiary/aromatic N) is 5. The van der Waals surface area contributed by atoms with E-state index in [9.17, 15) is 22.7 Å². The molecule has 0 radical (unpaired) electrons. The number of aromatic hydroxyl groups is 1. The molecule has 0 saturated heterocycles. The summed E-state index contributed by atoms with van der Waals surface area (Å²) < 4.78 is 61.4. The van der Waals surface area contributed by atoms with E-state index in [0.29, 0.717) is 24.2 Å². The molecule has 0 amide bonds. The van der Waals surface area contributed by atoms with E-state index < -0.39 is 23.3 Å². The van der Waals surface area contributed by atoms with Crippen molar-refractivity contribution in [2.24, 2.45) is 7.05 Å². The number of hydrogen-bond donors (Lipinski definition) is 1. The molecule has 0 spiro atoms. The van der Waals surface area contributed by atoms with Crippen LogP contribution < -0.4 is 4.74 Å². The maximum Gasteiger partial charge on any atom is 0.416 e. The minimum atomic E-state index is -4.69. The summed E-state index contributed by atoms with van der Waals surface area (Å²) in [5.74, 6) is -2.08. The molecule has 35 heavy (non-hydrogen) atoms. The number of aromatic nitrogens is 5. The van der Waals surface area contributed by atoms with E-state index in [4.69, 9.17) is 4.74 Å². The van der Waals surface area contributed by atoms with Gasteiger partial charge in [-0.3, -0.25) is 4.68 Å². The molecular formula is C24H17F4N5O2. The number of hydrogen-bond acceptors (Lipinski definition) is 5. The Hall–Kier alpha value is -4.41. The fourth-order valence-electron chi connectivity index (χ4n) is 3.65. The average Bonchev–Trinajstić information content (AvgIpc) is 3.39. The maximum atomic E-state index is 14.3. The van der Waals surface area contributed by atoms with Crippen molar-refractivity contribution in [3.05, 3.63) is 84.2 Å². The van der Waals surface area contributed by atoms with E-state index in [-0.39, 0.29) is 17.1 Å². The predicted octanol–water partition coefficient (Wildman–Crippen LogP) is 5.54. The van der Waals surface area contributed by atoms with Crippen molar-refractivity contribution in [2.75, 3.05) is 0 Å². The van der Waals surface area contributed by atoms with Crippen LogP contribution in [-0.2, 0) is 19.8 Å². The number of rotatable bonds is 5. The summed E-state index contributed by atoms with van der Waals surface area (Å²) in [4.78, 5) is 8.04. The first-order valence-corrected chi connectivity index (χ1v) is 10.4. The van der Waals surface area contributed by atoms with Crippen molar-refractivity contribution < 1.29 is 27.4 Å². The van der Waals surface area contributed by atoms with Gasteiger partial charge in [-0.25, -0.2) is 14.4 Å². The van der Waals surface area contributed by atoms with Crippen LogP contribution in [0.5, 0.6) is 17.5 Å². The Bertz CT molecular complexity index is 1520. The van der Waals surface area contributed by atoms with E-state index in [1.165, 1.54) is 4.57 Å². The smallest absolute Gasteiger partial charge is 0.416 e. The Morgan fingerprint density at radius 3 is 2.46 bits per heavy atom. The topological polar surface area (TPSA) is 78.0 Å². The maximum absolute atomic E-state index is 14.3. The number of aryl methyl sites for hydroxylation is 1. The van der Waals surface area contributed by atoms with Gasteiger partial charge in [-0.05, 0) is 29.8 Å². The van der Waals surface area contributed by atoms with E-state index in [1.54, 1.807) is 10.9 Å². The molecule has 0 bridgehead atoms. The molecule has 0 unspecified atom stereocenters. The highest BCUT2D eigenvalue weighted by Crippen LogP contribution is 2.37. The van der Waals surface area contributed by atoms with Gasteiger partial charge < -0.3 is 14.4 Å². The molecule has 0 atom stereocenters. The Balaban J connectivity index is 1.42. The molecule has 178 valence electrons. The molecule has 0 saturated carbocycles. The van der Waals surface area contributed by atoms with Gasteiger partial charge in [-0.1, -0.05) is 24.3 Å². The van der Waals surface area contributed by atoms with Gasteiger partial charge in [0.25, 0.3) is 0 Å². The average molecular weight is 483 g/mol. The summed E-state index contributed by atoms with van der Waals surface area (Å²) in [5, 5.41) is 15.3. The van der Waals surface area contributed by atoms with Crippen LogP contribution in [0.3, 0.4) is 0 Å². The van der Waals surface area contributed by atoms with Crippen molar-refractivity contribution in [1.29, 1.82) is 0 Å². The van der Waals surface area contributed by atoms with Crippen molar-refractivity contribution in [2.45, 2.75) is 12.7 Å². The Morgan fingerprint density at radius 2 is 1.80 bits per heavy atom. The van der Waals surface area contributed by atoms with Crippen LogP contribution in [0, 0.1) is 5.82 Å². The number of benzene rings is 2. The second-order valence-corrected chi connectivity index (χ2v) is 7.84. The number of halogens is 4. The van der Waals surface area contributed by atoms with Gasteiger partial charge in [0.05, 0.1) is 23.3 Å². The zero-order valence-electron chi connectivity index (χ0n) is 18.2. The van der Waals surface area contributed by atoms with Crippen LogP contribution in [-0.4, -0.2) is 29.4 Å². The molecule has 0 fully saturated rings. The Morgan fingerprint density at radius 1 is 1.03 bits per heavy atom. The Labute approximate surface area is 195 Å². The highest BCUT2D eigenvalue weighted by atomic mass is 19.4. The van der Waals surface area contributed by atoms with E-state index in [1.807, 2.05) is 43.6 Å². The van der Waals surface area contributed by atoms with E-state index >= 15 is 0 Å². The molecule has 3 heterocycles. The number of alkyl halides is 3. The van der Waals surface area contributed by atoms with Crippen LogP contribution in [0.1, 0.15) is 11.1 Å². The lowest BCUT2D eigenvalue weighted by atomic mass is 10.1. The first-order chi connectivity index (χ1) is 16.7. The zero-order chi connectivity index (χ0) is 24.7. The van der Waals surface area contributed by atoms with Gasteiger partial charge in [0.1, 0.15) is 11.7 Å². The SMILES string of the molecule is Cn1ccc(-c2ccc(Cn3cc4ncnc(Oc5ccc(C(F)(F)F)cc5F)c4c3O)cc2)n1. The lowest BCUT2D eigenvalue weighted by Crippen LogP contribution is -2.05. The van der Waals surface area contributed by atoms with Gasteiger partial charge in [0.15, 0.2) is 11.6 Å². The van der Waals surface area contributed by atoms with Crippen molar-refractivity contribution in [3.8, 4) is 28.8 Å². The van der Waals surface area contributed by atoms with Crippen molar-refractivity contribution in [3.63, 3.8) is 0 Å². The van der Waals surface area contributed by atoms with E-state index in [2.05, 4.69) is 15.1 Å². The molecule has 5 aromatic rings. The van der Waals surface area contributed by atoms with Crippen LogP contribution in [0.15, 0.2) is 67.3 Å². The third kappa shape index (κ3) is 4.39. The van der Waals surface area contributed by atoms with Crippen molar-refractivity contribution >= 4 is 10.9 Å². The molecule has 0 aliphatic heterocycles. The molecular weight excluding hydrogens is 466 g/mol. The van der Waals surface area contributed by atoms with Gasteiger partial charge in [0.2, 0.25) is 11.8 Å². The van der Waals surface area contributed by atoms with Gasteiger partial charge >= 0.3 is 6.18 Å². The number of ether oxygens (including phenoxy) is 1. The molecule has 7 nitrogen and oxygen atoms in total. The van der Waals surface area contributed by atoms with Gasteiger partial charge in [-0.2, -0.15) is 18.3 Å². The second-order valence-electron chi connectivity index (χ2n) is 7.84. The third-order valence-corrected chi connectivity index (χ3v) is 5.40. The minimum absolute atomic E-state index is 0.108. The summed E-state index contributed by atoms with van der Waals surface area (Å²) in [5.41, 5.74) is 1.84. The number of fused-ring (bicyclic) bond motifs is 1. The van der Waals surface area contributed by atoms with Crippen LogP contribution in [0.2, 0.25) is 0 Å². The van der Waals surface area contributed by atoms with Crippen LogP contribution in [0.25, 0.3) is 22.2 Å². The Kier molecular flexibility index (Phi) is 5.39. The molecule has 5 rings (SSSR count). The quantitative estimate of drug-likeness (QED) is 0.333. The summed E-state index contributed by atoms with van der Waals surface area (Å²) in [7, 11) is 1.84. The fraction of sp³-hybridized carbons (Fsp3) is 0.125. The van der Waals surface area contributed by atoms with Crippen LogP contribution >= 0.6 is 0 Å². The molecule has 2 aromatic carbocycles. The highest BCUT2D eigenvalue weighted by Gasteiger charge is 2.31. The first-order valence-electron chi connectivity index (χ1n) is 10.4. The third-order valence-electron chi connectivity index (χ3n) is 5.40. The molecule has 3 aromatic heterocycles. The molecule has 0 aliphatic rings. The molecule has 1 N–H and O–H groups in total. The van der Waals surface area contributed by atoms with E-state index in [0.717, 1.165) is 29.2 Å². The van der Waals surface area contributed by atoms with Gasteiger partial charge in [0, 0.05) is 25.0 Å². The zero-order valence-corrected chi connectivity index (χ0v) is 18.2. The molecule has 0 aliphatic carbocycles. The highest BCUT2D eigenvalue weighted by molar-refractivity contribution is 5.89. The standard InChI is InChI=1S/C24H17F4N5O2/c1-32-9-8-18(31-32)15-4-2-14(3-5-15)11-33-12-19-21(23(33)34)22(30-13-29-19)35-20-7-6-16(10-17(20)25)24(26,27)28/h2-10,12-13,34H,11H2,1H3. The van der Waals surface area contributed by atoms with Crippen molar-refractivity contribution in [1.82, 2.24) is 24.3 Å². The van der Waals surface area contributed by atoms with Crippen LogP contribution in [0.4, 0.5) is 17.6 Å². The fourth-order valence-corrected chi connectivity index (χ4v) is 3.65. The monoisotopic (exact) mass is 483 g/mol. The predicted molar refractivity (Wildman–Crippen MR) is 118 cm³/mol. The summed E-state index contributed by atoms with van der Waals surface area (Å²) >= 11 is 0. The lowest BCUT2D eigenvalue weighted by Gasteiger charge is -2.10. The summed E-state index contributed by atoms with van der Waals surface area (Å²) in [6, 6.07) is 11.4. The lowest BCUT2D eigenvalue weighted by molar-refractivity contribution is -0.137. The minimum Gasteiger partial charge on any atom is -0.494 e. The normalized spacial score (nSPS) is 11.8. The van der Waals surface area contributed by atoms with Gasteiger partial charge in [-0.15, -0.1) is 0 Å². The largest absolute Gasteiger partial charge is 0.494 e. The second kappa shape index (κ2) is 8.42. The first kappa shape index (κ1) is 22.4. The summed E-state index contributed by atoms with van der Waals surface area (Å²) in [6.45, 7) is 0.290. The summed E-state index contributed by atoms with van der Waals surface area (Å²) in [6.07, 6.45) is -0.100. The molecule has 11 heteroatoms.